The van der Waals surface area contributed by atoms with Crippen molar-refractivity contribution in [3.8, 4) is 5.75 Å². The average Bonchev–Trinajstić information content (AvgIpc) is 2.87. The fraction of sp³-hybridized carbons (Fsp3) is 0.667. The number of unbranched alkanes of at least 4 members (excludes halogenated alkanes) is 1. The Morgan fingerprint density at radius 3 is 2.75 bits per heavy atom. The van der Waals surface area contributed by atoms with E-state index < -0.39 is 0 Å². The molecule has 0 saturated heterocycles. The van der Waals surface area contributed by atoms with E-state index in [0.717, 1.165) is 18.7 Å². The number of rotatable bonds is 8. The summed E-state index contributed by atoms with van der Waals surface area (Å²) in [6, 6.07) is 8.49. The van der Waals surface area contributed by atoms with Crippen LogP contribution in [-0.2, 0) is 6.42 Å². The molecule has 0 radical (unpaired) electrons. The van der Waals surface area contributed by atoms with Gasteiger partial charge in [-0.2, -0.15) is 0 Å². The van der Waals surface area contributed by atoms with E-state index in [4.69, 9.17) is 4.74 Å². The Balaban J connectivity index is 2.02. The molecule has 1 heterocycles. The van der Waals surface area contributed by atoms with Gasteiger partial charge in [-0.25, -0.2) is 0 Å². The van der Waals surface area contributed by atoms with Crippen molar-refractivity contribution < 1.29 is 4.74 Å². The van der Waals surface area contributed by atoms with Crippen LogP contribution in [0.4, 0.5) is 0 Å². The molecular weight excluding hydrogens is 246 g/mol. The summed E-state index contributed by atoms with van der Waals surface area (Å²) in [5.41, 5.74) is 1.76. The van der Waals surface area contributed by atoms with Gasteiger partial charge in [0.1, 0.15) is 11.9 Å². The number of ether oxygens (including phenoxy) is 1. The monoisotopic (exact) mass is 275 g/mol. The van der Waals surface area contributed by atoms with Gasteiger partial charge in [0, 0.05) is 13.0 Å². The van der Waals surface area contributed by atoms with Gasteiger partial charge in [0.2, 0.25) is 0 Å². The summed E-state index contributed by atoms with van der Waals surface area (Å²) in [6.07, 6.45) is 7.72. The van der Waals surface area contributed by atoms with E-state index >= 15 is 0 Å². The minimum atomic E-state index is 0.359. The van der Waals surface area contributed by atoms with Crippen molar-refractivity contribution in [2.24, 2.45) is 5.41 Å². The number of fused-ring (bicyclic) bond motifs is 1. The molecule has 1 aliphatic heterocycles. The summed E-state index contributed by atoms with van der Waals surface area (Å²) in [5.74, 6) is 1.10. The highest BCUT2D eigenvalue weighted by molar-refractivity contribution is 5.37. The highest BCUT2D eigenvalue weighted by Crippen LogP contribution is 2.38. The summed E-state index contributed by atoms with van der Waals surface area (Å²) in [4.78, 5) is 0. The highest BCUT2D eigenvalue weighted by Gasteiger charge is 2.34. The summed E-state index contributed by atoms with van der Waals surface area (Å²) in [6.45, 7) is 5.70. The van der Waals surface area contributed by atoms with Crippen molar-refractivity contribution in [2.45, 2.75) is 58.5 Å². The van der Waals surface area contributed by atoms with E-state index in [1.165, 1.54) is 37.7 Å². The molecule has 1 aliphatic rings. The summed E-state index contributed by atoms with van der Waals surface area (Å²) < 4.78 is 6.16. The third-order valence-corrected chi connectivity index (χ3v) is 4.74. The van der Waals surface area contributed by atoms with Crippen molar-refractivity contribution in [1.29, 1.82) is 0 Å². The van der Waals surface area contributed by atoms with Crippen LogP contribution in [0.25, 0.3) is 0 Å². The van der Waals surface area contributed by atoms with Crippen LogP contribution in [-0.4, -0.2) is 19.7 Å². The standard InChI is InChI=1S/C18H29NO/c1-4-6-11-18(5-2,14-19-3)13-16-12-15-9-7-8-10-17(15)20-16/h7-10,16,19H,4-6,11-14H2,1-3H3. The molecule has 0 amide bonds. The third kappa shape index (κ3) is 3.54. The lowest BCUT2D eigenvalue weighted by molar-refractivity contribution is 0.118. The molecule has 1 aromatic carbocycles. The summed E-state index contributed by atoms with van der Waals surface area (Å²) in [5, 5.41) is 3.41. The van der Waals surface area contributed by atoms with Crippen LogP contribution >= 0.6 is 0 Å². The topological polar surface area (TPSA) is 21.3 Å². The third-order valence-electron chi connectivity index (χ3n) is 4.74. The molecule has 0 spiro atoms. The maximum atomic E-state index is 6.16. The normalized spacial score (nSPS) is 20.2. The molecule has 1 aromatic rings. The molecule has 1 N–H and O–H groups in total. The first-order valence-electron chi connectivity index (χ1n) is 8.12. The predicted molar refractivity (Wildman–Crippen MR) is 85.4 cm³/mol. The van der Waals surface area contributed by atoms with Gasteiger partial charge in [-0.05, 0) is 43.4 Å². The second-order valence-corrected chi connectivity index (χ2v) is 6.24. The van der Waals surface area contributed by atoms with Crippen LogP contribution in [0, 0.1) is 5.41 Å². The van der Waals surface area contributed by atoms with Crippen LogP contribution in [0.15, 0.2) is 24.3 Å². The largest absolute Gasteiger partial charge is 0.490 e. The van der Waals surface area contributed by atoms with Crippen LogP contribution in [0.1, 0.15) is 51.5 Å². The molecule has 0 aliphatic carbocycles. The SMILES string of the molecule is CCCCC(CC)(CNC)CC1Cc2ccccc2O1. The van der Waals surface area contributed by atoms with Gasteiger partial charge in [0.25, 0.3) is 0 Å². The van der Waals surface area contributed by atoms with E-state index in [0.29, 0.717) is 11.5 Å². The van der Waals surface area contributed by atoms with Gasteiger partial charge >= 0.3 is 0 Å². The zero-order chi connectivity index (χ0) is 14.4. The summed E-state index contributed by atoms with van der Waals surface area (Å²) >= 11 is 0. The maximum absolute atomic E-state index is 6.16. The lowest BCUT2D eigenvalue weighted by atomic mass is 9.75. The van der Waals surface area contributed by atoms with Gasteiger partial charge < -0.3 is 10.1 Å². The van der Waals surface area contributed by atoms with E-state index in [1.807, 2.05) is 0 Å². The molecule has 2 nitrogen and oxygen atoms in total. The first-order valence-corrected chi connectivity index (χ1v) is 8.12. The number of benzene rings is 1. The van der Waals surface area contributed by atoms with Gasteiger partial charge in [-0.3, -0.25) is 0 Å². The Labute approximate surface area is 123 Å². The molecule has 2 unspecified atom stereocenters. The average molecular weight is 275 g/mol. The minimum absolute atomic E-state index is 0.359. The number of hydrogen-bond acceptors (Lipinski definition) is 2. The first kappa shape index (κ1) is 15.4. The van der Waals surface area contributed by atoms with E-state index in [2.05, 4.69) is 50.5 Å². The number of hydrogen-bond donors (Lipinski definition) is 1. The van der Waals surface area contributed by atoms with E-state index in [9.17, 15) is 0 Å². The van der Waals surface area contributed by atoms with Crippen molar-refractivity contribution in [2.75, 3.05) is 13.6 Å². The van der Waals surface area contributed by atoms with Crippen molar-refractivity contribution in [3.05, 3.63) is 29.8 Å². The zero-order valence-electron chi connectivity index (χ0n) is 13.2. The van der Waals surface area contributed by atoms with Crippen molar-refractivity contribution >= 4 is 0 Å². The fourth-order valence-electron chi connectivity index (χ4n) is 3.49. The van der Waals surface area contributed by atoms with Crippen molar-refractivity contribution in [1.82, 2.24) is 5.32 Å². The van der Waals surface area contributed by atoms with Crippen LogP contribution in [0.5, 0.6) is 5.75 Å². The minimum Gasteiger partial charge on any atom is -0.490 e. The molecule has 2 atom stereocenters. The Morgan fingerprint density at radius 2 is 2.10 bits per heavy atom. The molecule has 0 bridgehead atoms. The molecule has 2 rings (SSSR count). The van der Waals surface area contributed by atoms with E-state index in [-0.39, 0.29) is 0 Å². The second-order valence-electron chi connectivity index (χ2n) is 6.24. The van der Waals surface area contributed by atoms with E-state index in [1.54, 1.807) is 0 Å². The Morgan fingerprint density at radius 1 is 1.30 bits per heavy atom. The molecule has 20 heavy (non-hydrogen) atoms. The first-order chi connectivity index (χ1) is 9.73. The zero-order valence-corrected chi connectivity index (χ0v) is 13.2. The molecule has 0 fully saturated rings. The Bertz CT molecular complexity index is 393. The smallest absolute Gasteiger partial charge is 0.123 e. The Kier molecular flexibility index (Phi) is 5.47. The quantitative estimate of drug-likeness (QED) is 0.768. The van der Waals surface area contributed by atoms with Crippen LogP contribution < -0.4 is 10.1 Å². The van der Waals surface area contributed by atoms with Gasteiger partial charge in [-0.15, -0.1) is 0 Å². The molecular formula is C18H29NO. The van der Waals surface area contributed by atoms with Gasteiger partial charge in [0.05, 0.1) is 0 Å². The molecule has 112 valence electrons. The molecule has 2 heteroatoms. The van der Waals surface area contributed by atoms with Crippen LogP contribution in [0.2, 0.25) is 0 Å². The maximum Gasteiger partial charge on any atom is 0.123 e. The molecule has 0 aromatic heterocycles. The van der Waals surface area contributed by atoms with Gasteiger partial charge in [-0.1, -0.05) is 44.9 Å². The fourth-order valence-corrected chi connectivity index (χ4v) is 3.49. The second kappa shape index (κ2) is 7.12. The van der Waals surface area contributed by atoms with Crippen LogP contribution in [0.3, 0.4) is 0 Å². The van der Waals surface area contributed by atoms with Crippen molar-refractivity contribution in [3.63, 3.8) is 0 Å². The predicted octanol–water partition coefficient (Wildman–Crippen LogP) is 4.19. The lowest BCUT2D eigenvalue weighted by Crippen LogP contribution is -2.36. The Hall–Kier alpha value is -1.02. The summed E-state index contributed by atoms with van der Waals surface area (Å²) in [7, 11) is 2.07. The lowest BCUT2D eigenvalue weighted by Gasteiger charge is -2.35. The number of nitrogens with one attached hydrogen (secondary N) is 1. The molecule has 0 saturated carbocycles. The highest BCUT2D eigenvalue weighted by atomic mass is 16.5. The van der Waals surface area contributed by atoms with Gasteiger partial charge in [0.15, 0.2) is 0 Å². The number of para-hydroxylation sites is 1.